The lowest BCUT2D eigenvalue weighted by molar-refractivity contribution is 1.08. The van der Waals surface area contributed by atoms with E-state index >= 15 is 0 Å². The van der Waals surface area contributed by atoms with E-state index in [-0.39, 0.29) is 0 Å². The maximum absolute atomic E-state index is 4.76. The molecule has 5 heteroatoms. The Bertz CT molecular complexity index is 2300. The van der Waals surface area contributed by atoms with Crippen LogP contribution in [0.2, 0.25) is 0 Å². The summed E-state index contributed by atoms with van der Waals surface area (Å²) in [5.41, 5.74) is 11.6. The van der Waals surface area contributed by atoms with Crippen LogP contribution in [0.3, 0.4) is 0 Å². The van der Waals surface area contributed by atoms with E-state index in [9.17, 15) is 0 Å². The molecule has 0 unspecified atom stereocenters. The zero-order valence-electron chi connectivity index (χ0n) is 23.1. The number of rotatable bonds is 3. The van der Waals surface area contributed by atoms with E-state index in [2.05, 4.69) is 130 Å². The molecule has 0 atom stereocenters. The topological polar surface area (TPSA) is 34.0 Å². The van der Waals surface area contributed by atoms with Crippen LogP contribution in [0.4, 0.5) is 17.1 Å². The summed E-state index contributed by atoms with van der Waals surface area (Å²) in [6.45, 7) is 0. The van der Waals surface area contributed by atoms with Crippen LogP contribution in [-0.2, 0) is 0 Å². The van der Waals surface area contributed by atoms with Crippen molar-refractivity contribution in [2.75, 3.05) is 4.90 Å². The van der Waals surface area contributed by atoms with Gasteiger partial charge in [0.05, 0.1) is 22.4 Å². The van der Waals surface area contributed by atoms with Gasteiger partial charge in [-0.1, -0.05) is 84.9 Å². The van der Waals surface area contributed by atoms with Gasteiger partial charge in [-0.25, -0.2) is 9.97 Å². The van der Waals surface area contributed by atoms with E-state index in [0.29, 0.717) is 0 Å². The van der Waals surface area contributed by atoms with Gasteiger partial charge in [0.15, 0.2) is 0 Å². The molecule has 0 N–H and O–H groups in total. The first-order valence-electron chi connectivity index (χ1n) is 14.3. The van der Waals surface area contributed by atoms with E-state index in [1.165, 1.54) is 33.0 Å². The molecule has 3 aromatic heterocycles. The van der Waals surface area contributed by atoms with Crippen molar-refractivity contribution < 1.29 is 0 Å². The molecule has 43 heavy (non-hydrogen) atoms. The predicted molar refractivity (Wildman–Crippen MR) is 179 cm³/mol. The summed E-state index contributed by atoms with van der Waals surface area (Å²) in [6.07, 6.45) is 3.73. The third-order valence-electron chi connectivity index (χ3n) is 8.36. The second-order valence-corrected chi connectivity index (χ2v) is 11.6. The first-order chi connectivity index (χ1) is 21.3. The van der Waals surface area contributed by atoms with Gasteiger partial charge in [-0.05, 0) is 53.6 Å². The second-order valence-electron chi connectivity index (χ2n) is 10.7. The van der Waals surface area contributed by atoms with Gasteiger partial charge in [0.1, 0.15) is 10.8 Å². The Kier molecular flexibility index (Phi) is 5.33. The number of thiazole rings is 1. The molecule has 4 nitrogen and oxygen atoms in total. The lowest BCUT2D eigenvalue weighted by Crippen LogP contribution is -2.11. The zero-order valence-corrected chi connectivity index (χ0v) is 23.9. The molecule has 1 aliphatic rings. The van der Waals surface area contributed by atoms with Crippen molar-refractivity contribution in [2.45, 2.75) is 0 Å². The number of hydrogen-bond donors (Lipinski definition) is 0. The van der Waals surface area contributed by atoms with E-state index in [1.807, 2.05) is 29.9 Å². The first-order valence-corrected chi connectivity index (χ1v) is 15.2. The van der Waals surface area contributed by atoms with Crippen molar-refractivity contribution in [3.05, 3.63) is 145 Å². The van der Waals surface area contributed by atoms with Crippen LogP contribution in [0.5, 0.6) is 0 Å². The molecule has 0 spiro atoms. The quantitative estimate of drug-likeness (QED) is 0.213. The highest BCUT2D eigenvalue weighted by Crippen LogP contribution is 2.52. The molecule has 0 amide bonds. The van der Waals surface area contributed by atoms with Crippen LogP contribution >= 0.6 is 11.3 Å². The second kappa shape index (κ2) is 9.51. The maximum atomic E-state index is 4.76. The summed E-state index contributed by atoms with van der Waals surface area (Å²) < 4.78 is 2.28. The molecule has 0 fully saturated rings. The van der Waals surface area contributed by atoms with Crippen LogP contribution < -0.4 is 4.90 Å². The van der Waals surface area contributed by atoms with Gasteiger partial charge in [-0.15, -0.1) is 11.3 Å². The summed E-state index contributed by atoms with van der Waals surface area (Å²) in [5, 5.41) is 5.46. The Morgan fingerprint density at radius 2 is 1.26 bits per heavy atom. The Labute approximate surface area is 252 Å². The maximum Gasteiger partial charge on any atom is 0.137 e. The molecule has 9 rings (SSSR count). The minimum Gasteiger partial charge on any atom is -0.309 e. The van der Waals surface area contributed by atoms with Gasteiger partial charge in [-0.3, -0.25) is 4.57 Å². The molecule has 202 valence electrons. The van der Waals surface area contributed by atoms with Crippen molar-refractivity contribution in [2.24, 2.45) is 0 Å². The number of aromatic nitrogens is 3. The third kappa shape index (κ3) is 3.69. The molecule has 0 saturated carbocycles. The molecule has 0 saturated heterocycles. The number of fused-ring (bicyclic) bond motifs is 8. The summed E-state index contributed by atoms with van der Waals surface area (Å²) in [6, 6.07) is 45.7. The van der Waals surface area contributed by atoms with Gasteiger partial charge >= 0.3 is 0 Å². The molecular weight excluding hydrogens is 545 g/mol. The summed E-state index contributed by atoms with van der Waals surface area (Å²) in [7, 11) is 0. The van der Waals surface area contributed by atoms with Crippen LogP contribution in [-0.4, -0.2) is 14.5 Å². The van der Waals surface area contributed by atoms with Crippen molar-refractivity contribution in [3.63, 3.8) is 0 Å². The van der Waals surface area contributed by atoms with Crippen LogP contribution in [0, 0.1) is 0 Å². The normalized spacial score (nSPS) is 12.1. The minimum atomic E-state index is 0.904. The van der Waals surface area contributed by atoms with Crippen molar-refractivity contribution in [1.82, 2.24) is 14.5 Å². The number of anilines is 3. The zero-order chi connectivity index (χ0) is 28.3. The molecule has 5 aromatic carbocycles. The monoisotopic (exact) mass is 568 g/mol. The van der Waals surface area contributed by atoms with E-state index < -0.39 is 0 Å². The lowest BCUT2D eigenvalue weighted by Gasteiger charge is -2.28. The molecule has 0 radical (unpaired) electrons. The fraction of sp³-hybridized carbons (Fsp3) is 0. The minimum absolute atomic E-state index is 0.904. The molecular formula is C38H24N4S. The molecule has 1 aliphatic heterocycles. The van der Waals surface area contributed by atoms with Crippen molar-refractivity contribution >= 4 is 50.2 Å². The van der Waals surface area contributed by atoms with Gasteiger partial charge in [0.2, 0.25) is 0 Å². The molecule has 4 heterocycles. The Morgan fingerprint density at radius 1 is 0.512 bits per heavy atom. The summed E-state index contributed by atoms with van der Waals surface area (Å²) >= 11 is 1.66. The summed E-state index contributed by atoms with van der Waals surface area (Å²) in [5.74, 6) is 0.904. The fourth-order valence-corrected chi connectivity index (χ4v) is 7.17. The molecule has 8 aromatic rings. The number of pyridine rings is 1. The highest BCUT2D eigenvalue weighted by atomic mass is 32.1. The van der Waals surface area contributed by atoms with Crippen LogP contribution in [0.25, 0.3) is 60.4 Å². The smallest absolute Gasteiger partial charge is 0.137 e. The van der Waals surface area contributed by atoms with Crippen LogP contribution in [0.1, 0.15) is 0 Å². The SMILES string of the molecule is c1ccc(-n2c3ccccc3c3ccc(N4c5ccccc5-c5ccccc5-c5ccc(-c6nccs6)cc54)cc32)nc1. The summed E-state index contributed by atoms with van der Waals surface area (Å²) in [4.78, 5) is 11.8. The highest BCUT2D eigenvalue weighted by Gasteiger charge is 2.27. The number of para-hydroxylation sites is 2. The fourth-order valence-electron chi connectivity index (χ4n) is 6.53. The van der Waals surface area contributed by atoms with Gasteiger partial charge in [-0.2, -0.15) is 0 Å². The van der Waals surface area contributed by atoms with Gasteiger partial charge < -0.3 is 4.90 Å². The number of hydrogen-bond acceptors (Lipinski definition) is 4. The van der Waals surface area contributed by atoms with Crippen molar-refractivity contribution in [1.29, 1.82) is 0 Å². The lowest BCUT2D eigenvalue weighted by atomic mass is 9.94. The third-order valence-corrected chi connectivity index (χ3v) is 9.19. The number of nitrogens with zero attached hydrogens (tertiary/aromatic N) is 4. The standard InChI is InChI=1S/C38H24N4S/c1-2-10-28-27(9-1)29-11-3-5-13-33(29)41(35-23-25(16-18-31(28)35)38-40-21-22-43-38)26-17-19-32-30-12-4-6-14-34(30)42(36(32)24-26)37-15-7-8-20-39-37/h1-24H. The molecule has 0 bridgehead atoms. The highest BCUT2D eigenvalue weighted by molar-refractivity contribution is 7.13. The molecule has 0 aliphatic carbocycles. The van der Waals surface area contributed by atoms with Crippen molar-refractivity contribution in [3.8, 4) is 38.6 Å². The Balaban J connectivity index is 1.37. The van der Waals surface area contributed by atoms with Crippen LogP contribution in [0.15, 0.2) is 145 Å². The van der Waals surface area contributed by atoms with Gasteiger partial charge in [0, 0.05) is 50.9 Å². The van der Waals surface area contributed by atoms with E-state index in [4.69, 9.17) is 4.98 Å². The van der Waals surface area contributed by atoms with E-state index in [0.717, 1.165) is 44.5 Å². The average Bonchev–Trinajstić information content (AvgIpc) is 3.70. The Hall–Kier alpha value is -5.52. The van der Waals surface area contributed by atoms with E-state index in [1.54, 1.807) is 11.3 Å². The largest absolute Gasteiger partial charge is 0.309 e. The number of benzene rings is 5. The predicted octanol–water partition coefficient (Wildman–Crippen LogP) is 10.4. The first kappa shape index (κ1) is 24.1. The average molecular weight is 569 g/mol. The van der Waals surface area contributed by atoms with Gasteiger partial charge in [0.25, 0.3) is 0 Å². The Morgan fingerprint density at radius 3 is 2.07 bits per heavy atom.